The van der Waals surface area contributed by atoms with Crippen LogP contribution >= 0.6 is 11.3 Å². The van der Waals surface area contributed by atoms with Gasteiger partial charge in [0.25, 0.3) is 0 Å². The molecule has 82 valence electrons. The molecule has 0 aliphatic heterocycles. The number of methoxy groups -OCH3 is 1. The van der Waals surface area contributed by atoms with Gasteiger partial charge in [0.2, 0.25) is 0 Å². The second kappa shape index (κ2) is 4.37. The highest BCUT2D eigenvalue weighted by molar-refractivity contribution is 7.17. The van der Waals surface area contributed by atoms with Gasteiger partial charge in [-0.05, 0) is 24.3 Å². The Kier molecular flexibility index (Phi) is 2.92. The Morgan fingerprint density at radius 3 is 2.62 bits per heavy atom. The molecule has 4 heteroatoms. The highest BCUT2D eigenvalue weighted by atomic mass is 32.1. The van der Waals surface area contributed by atoms with Crippen molar-refractivity contribution in [2.45, 2.75) is 0 Å². The first-order valence-corrected chi connectivity index (χ1v) is 5.50. The summed E-state index contributed by atoms with van der Waals surface area (Å²) in [6, 6.07) is 11.0. The minimum Gasteiger partial charge on any atom is -0.496 e. The Bertz CT molecular complexity index is 516. The molecule has 0 aliphatic rings. The van der Waals surface area contributed by atoms with Gasteiger partial charge in [0.05, 0.1) is 7.11 Å². The number of benzene rings is 1. The van der Waals surface area contributed by atoms with E-state index in [9.17, 15) is 4.79 Å². The third-order valence-electron chi connectivity index (χ3n) is 2.19. The van der Waals surface area contributed by atoms with Crippen LogP contribution in [0.4, 0.5) is 0 Å². The van der Waals surface area contributed by atoms with Crippen molar-refractivity contribution >= 4 is 17.3 Å². The van der Waals surface area contributed by atoms with E-state index in [0.29, 0.717) is 4.88 Å². The minimum absolute atomic E-state index is 0.334. The van der Waals surface area contributed by atoms with Crippen LogP contribution in [-0.2, 0) is 0 Å². The van der Waals surface area contributed by atoms with Crippen LogP contribution in [0.1, 0.15) is 9.67 Å². The van der Waals surface area contributed by atoms with E-state index in [2.05, 4.69) is 0 Å². The zero-order chi connectivity index (χ0) is 11.5. The molecule has 0 radical (unpaired) electrons. The predicted octanol–water partition coefficient (Wildman–Crippen LogP) is 3.12. The van der Waals surface area contributed by atoms with Gasteiger partial charge in [-0.1, -0.05) is 12.1 Å². The fraction of sp³-hybridized carbons (Fsp3) is 0.0833. The number of hydrogen-bond donors (Lipinski definition) is 1. The molecular weight excluding hydrogens is 224 g/mol. The van der Waals surface area contributed by atoms with Crippen molar-refractivity contribution in [3.8, 4) is 16.2 Å². The number of carboxylic acids is 1. The van der Waals surface area contributed by atoms with Crippen molar-refractivity contribution in [3.63, 3.8) is 0 Å². The van der Waals surface area contributed by atoms with Gasteiger partial charge in [-0.15, -0.1) is 11.3 Å². The van der Waals surface area contributed by atoms with Crippen molar-refractivity contribution in [1.29, 1.82) is 0 Å². The molecule has 1 aromatic carbocycles. The Hall–Kier alpha value is -1.81. The summed E-state index contributed by atoms with van der Waals surface area (Å²) in [6.07, 6.45) is 0. The standard InChI is InChI=1S/C12H10O3S/c1-15-9-5-3-2-4-8(9)10-6-7-11(16-10)12(13)14/h2-7H,1H3,(H,13,14). The fourth-order valence-corrected chi connectivity index (χ4v) is 2.32. The summed E-state index contributed by atoms with van der Waals surface area (Å²) in [5.74, 6) is -0.146. The number of carbonyl (C=O) groups is 1. The van der Waals surface area contributed by atoms with Crippen LogP contribution < -0.4 is 4.74 Å². The molecule has 16 heavy (non-hydrogen) atoms. The van der Waals surface area contributed by atoms with Gasteiger partial charge >= 0.3 is 5.97 Å². The Balaban J connectivity index is 2.46. The zero-order valence-corrected chi connectivity index (χ0v) is 9.45. The maximum atomic E-state index is 10.8. The summed E-state index contributed by atoms with van der Waals surface area (Å²) in [7, 11) is 1.60. The maximum Gasteiger partial charge on any atom is 0.345 e. The van der Waals surface area contributed by atoms with Crippen molar-refractivity contribution in [1.82, 2.24) is 0 Å². The number of hydrogen-bond acceptors (Lipinski definition) is 3. The highest BCUT2D eigenvalue weighted by Gasteiger charge is 2.11. The Labute approximate surface area is 96.9 Å². The monoisotopic (exact) mass is 234 g/mol. The summed E-state index contributed by atoms with van der Waals surface area (Å²) < 4.78 is 5.23. The van der Waals surface area contributed by atoms with Crippen molar-refractivity contribution in [2.24, 2.45) is 0 Å². The molecule has 1 heterocycles. The molecule has 0 fully saturated rings. The topological polar surface area (TPSA) is 46.5 Å². The van der Waals surface area contributed by atoms with E-state index in [1.807, 2.05) is 24.3 Å². The fourth-order valence-electron chi connectivity index (χ4n) is 1.45. The Morgan fingerprint density at radius 1 is 1.25 bits per heavy atom. The average molecular weight is 234 g/mol. The molecule has 0 saturated carbocycles. The first-order chi connectivity index (χ1) is 7.72. The molecule has 0 aliphatic carbocycles. The number of para-hydroxylation sites is 1. The van der Waals surface area contributed by atoms with Gasteiger partial charge in [-0.25, -0.2) is 4.79 Å². The first kappa shape index (κ1) is 10.7. The molecule has 0 spiro atoms. The molecule has 0 bridgehead atoms. The summed E-state index contributed by atoms with van der Waals surface area (Å²) in [5.41, 5.74) is 0.919. The minimum atomic E-state index is -0.897. The summed E-state index contributed by atoms with van der Waals surface area (Å²) in [4.78, 5) is 12.0. The first-order valence-electron chi connectivity index (χ1n) is 4.69. The number of carboxylic acid groups (broad SMARTS) is 1. The van der Waals surface area contributed by atoms with Crippen LogP contribution in [0.15, 0.2) is 36.4 Å². The number of ether oxygens (including phenoxy) is 1. The van der Waals surface area contributed by atoms with Crippen molar-refractivity contribution in [2.75, 3.05) is 7.11 Å². The number of thiophene rings is 1. The van der Waals surface area contributed by atoms with E-state index in [-0.39, 0.29) is 0 Å². The smallest absolute Gasteiger partial charge is 0.345 e. The summed E-state index contributed by atoms with van der Waals surface area (Å²) in [6.45, 7) is 0. The third kappa shape index (κ3) is 1.92. The molecule has 2 aromatic rings. The highest BCUT2D eigenvalue weighted by Crippen LogP contribution is 2.34. The second-order valence-corrected chi connectivity index (χ2v) is 4.25. The van der Waals surface area contributed by atoms with Gasteiger partial charge in [0.15, 0.2) is 0 Å². The quantitative estimate of drug-likeness (QED) is 0.887. The van der Waals surface area contributed by atoms with E-state index in [1.165, 1.54) is 11.3 Å². The molecular formula is C12H10O3S. The molecule has 0 amide bonds. The Morgan fingerprint density at radius 2 is 2.00 bits per heavy atom. The average Bonchev–Trinajstić information content (AvgIpc) is 2.78. The lowest BCUT2D eigenvalue weighted by molar-refractivity contribution is 0.0702. The largest absolute Gasteiger partial charge is 0.496 e. The van der Waals surface area contributed by atoms with Crippen LogP contribution in [0.2, 0.25) is 0 Å². The van der Waals surface area contributed by atoms with Crippen LogP contribution in [0, 0.1) is 0 Å². The lowest BCUT2D eigenvalue weighted by Crippen LogP contribution is -1.89. The van der Waals surface area contributed by atoms with Crippen LogP contribution in [0.25, 0.3) is 10.4 Å². The second-order valence-electron chi connectivity index (χ2n) is 3.17. The normalized spacial score (nSPS) is 10.1. The van der Waals surface area contributed by atoms with Gasteiger partial charge in [-0.3, -0.25) is 0 Å². The van der Waals surface area contributed by atoms with Crippen molar-refractivity contribution < 1.29 is 14.6 Å². The molecule has 0 atom stereocenters. The molecule has 2 rings (SSSR count). The third-order valence-corrected chi connectivity index (χ3v) is 3.30. The lowest BCUT2D eigenvalue weighted by Gasteiger charge is -2.05. The lowest BCUT2D eigenvalue weighted by atomic mass is 10.1. The SMILES string of the molecule is COc1ccccc1-c1ccc(C(=O)O)s1. The molecule has 0 saturated heterocycles. The summed E-state index contributed by atoms with van der Waals surface area (Å²) >= 11 is 1.24. The van der Waals surface area contributed by atoms with Gasteiger partial charge < -0.3 is 9.84 Å². The summed E-state index contributed by atoms with van der Waals surface area (Å²) in [5, 5.41) is 8.85. The van der Waals surface area contributed by atoms with E-state index in [0.717, 1.165) is 16.2 Å². The van der Waals surface area contributed by atoms with Crippen LogP contribution in [0.3, 0.4) is 0 Å². The predicted molar refractivity (Wildman–Crippen MR) is 63.3 cm³/mol. The zero-order valence-electron chi connectivity index (χ0n) is 8.64. The van der Waals surface area contributed by atoms with Crippen LogP contribution in [-0.4, -0.2) is 18.2 Å². The number of aromatic carboxylic acids is 1. The number of rotatable bonds is 3. The molecule has 1 aromatic heterocycles. The molecule has 1 N–H and O–H groups in total. The van der Waals surface area contributed by atoms with E-state index < -0.39 is 5.97 Å². The van der Waals surface area contributed by atoms with Gasteiger partial charge in [0.1, 0.15) is 10.6 Å². The van der Waals surface area contributed by atoms with E-state index >= 15 is 0 Å². The maximum absolute atomic E-state index is 10.8. The van der Waals surface area contributed by atoms with E-state index in [4.69, 9.17) is 9.84 Å². The van der Waals surface area contributed by atoms with E-state index in [1.54, 1.807) is 19.2 Å². The van der Waals surface area contributed by atoms with Crippen molar-refractivity contribution in [3.05, 3.63) is 41.3 Å². The van der Waals surface area contributed by atoms with Crippen LogP contribution in [0.5, 0.6) is 5.75 Å². The van der Waals surface area contributed by atoms with Gasteiger partial charge in [0, 0.05) is 10.4 Å². The van der Waals surface area contributed by atoms with Gasteiger partial charge in [-0.2, -0.15) is 0 Å². The molecule has 0 unspecified atom stereocenters. The molecule has 3 nitrogen and oxygen atoms in total.